The van der Waals surface area contributed by atoms with Gasteiger partial charge in [0.2, 0.25) is 0 Å². The molecule has 1 unspecified atom stereocenters. The summed E-state index contributed by atoms with van der Waals surface area (Å²) in [5.74, 6) is -0.372. The summed E-state index contributed by atoms with van der Waals surface area (Å²) in [7, 11) is 0. The van der Waals surface area contributed by atoms with Gasteiger partial charge in [-0.2, -0.15) is 0 Å². The van der Waals surface area contributed by atoms with E-state index in [4.69, 9.17) is 9.47 Å². The van der Waals surface area contributed by atoms with Crippen molar-refractivity contribution in [1.82, 2.24) is 0 Å². The van der Waals surface area contributed by atoms with Crippen molar-refractivity contribution in [2.75, 3.05) is 13.2 Å². The fourth-order valence-corrected chi connectivity index (χ4v) is 4.13. The van der Waals surface area contributed by atoms with Crippen LogP contribution in [0.15, 0.2) is 42.5 Å². The van der Waals surface area contributed by atoms with E-state index in [1.54, 1.807) is 0 Å². The summed E-state index contributed by atoms with van der Waals surface area (Å²) in [6, 6.07) is 15.0. The van der Waals surface area contributed by atoms with Gasteiger partial charge < -0.3 is 9.47 Å². The van der Waals surface area contributed by atoms with Crippen LogP contribution in [-0.4, -0.2) is 13.2 Å². The molecule has 0 spiro atoms. The molecule has 0 aromatic heterocycles. The molecule has 2 heteroatoms. The minimum Gasteiger partial charge on any atom is -0.346 e. The Labute approximate surface area is 166 Å². The summed E-state index contributed by atoms with van der Waals surface area (Å²) in [5.41, 5.74) is 1.17. The maximum atomic E-state index is 6.40. The summed E-state index contributed by atoms with van der Waals surface area (Å²) in [6.07, 6.45) is 9.01. The SMILES string of the molecule is CCCCCCCCC(C)C(OCC)(OCC)c1cccc2ccccc12. The molecule has 0 amide bonds. The number of fused-ring (bicyclic) bond motifs is 1. The zero-order valence-corrected chi connectivity index (χ0v) is 17.8. The van der Waals surface area contributed by atoms with E-state index in [9.17, 15) is 0 Å². The first-order chi connectivity index (χ1) is 13.2. The van der Waals surface area contributed by atoms with Crippen LogP contribution in [0.5, 0.6) is 0 Å². The number of hydrogen-bond acceptors (Lipinski definition) is 2. The predicted molar refractivity (Wildman–Crippen MR) is 116 cm³/mol. The fourth-order valence-electron chi connectivity index (χ4n) is 4.13. The van der Waals surface area contributed by atoms with Gasteiger partial charge in [0.05, 0.1) is 0 Å². The van der Waals surface area contributed by atoms with Gasteiger partial charge in [0.1, 0.15) is 0 Å². The molecule has 0 radical (unpaired) electrons. The van der Waals surface area contributed by atoms with Crippen LogP contribution in [0, 0.1) is 5.92 Å². The minimum atomic E-state index is -0.673. The smallest absolute Gasteiger partial charge is 0.197 e. The average Bonchev–Trinajstić information content (AvgIpc) is 2.69. The molecule has 0 N–H and O–H groups in total. The first kappa shape index (κ1) is 21.9. The molecule has 0 saturated heterocycles. The second-order valence-corrected chi connectivity index (χ2v) is 7.52. The molecule has 0 bridgehead atoms. The number of rotatable bonds is 13. The van der Waals surface area contributed by atoms with E-state index in [1.807, 2.05) is 0 Å². The fraction of sp³-hybridized carbons (Fsp3) is 0.600. The summed E-state index contributed by atoms with van der Waals surface area (Å²) < 4.78 is 12.8. The van der Waals surface area contributed by atoms with Gasteiger partial charge in [0.15, 0.2) is 5.79 Å². The predicted octanol–water partition coefficient (Wildman–Crippen LogP) is 7.45. The lowest BCUT2D eigenvalue weighted by Gasteiger charge is -2.39. The Kier molecular flexibility index (Phi) is 9.30. The standard InChI is InChI=1S/C25H38O2/c1-5-8-9-10-11-12-16-21(4)25(26-6-2,27-7-3)24-20-15-18-22-17-13-14-19-23(22)24/h13-15,17-21H,5-12,16H2,1-4H3. The third-order valence-electron chi connectivity index (χ3n) is 5.52. The lowest BCUT2D eigenvalue weighted by Crippen LogP contribution is -2.40. The van der Waals surface area contributed by atoms with E-state index in [0.717, 1.165) is 6.42 Å². The Morgan fingerprint density at radius 3 is 2.11 bits per heavy atom. The third-order valence-corrected chi connectivity index (χ3v) is 5.52. The lowest BCUT2D eigenvalue weighted by molar-refractivity contribution is -0.271. The Morgan fingerprint density at radius 2 is 1.41 bits per heavy atom. The van der Waals surface area contributed by atoms with Gasteiger partial charge >= 0.3 is 0 Å². The highest BCUT2D eigenvalue weighted by Gasteiger charge is 2.40. The quantitative estimate of drug-likeness (QED) is 0.269. The van der Waals surface area contributed by atoms with Crippen LogP contribution >= 0.6 is 0 Å². The molecule has 0 aliphatic heterocycles. The van der Waals surface area contributed by atoms with Crippen molar-refractivity contribution >= 4 is 10.8 Å². The van der Waals surface area contributed by atoms with E-state index in [1.165, 1.54) is 54.9 Å². The van der Waals surface area contributed by atoms with Gasteiger partial charge in [-0.25, -0.2) is 0 Å². The molecule has 150 valence electrons. The number of benzene rings is 2. The Hall–Kier alpha value is -1.38. The molecule has 0 saturated carbocycles. The first-order valence-corrected chi connectivity index (χ1v) is 11.0. The molecule has 0 heterocycles. The maximum absolute atomic E-state index is 6.40. The Balaban J connectivity index is 2.26. The van der Waals surface area contributed by atoms with Gasteiger partial charge in [-0.3, -0.25) is 0 Å². The Bertz CT molecular complexity index is 653. The van der Waals surface area contributed by atoms with Crippen LogP contribution in [0.2, 0.25) is 0 Å². The van der Waals surface area contributed by atoms with Crippen molar-refractivity contribution in [2.45, 2.75) is 78.4 Å². The molecule has 27 heavy (non-hydrogen) atoms. The molecular formula is C25H38O2. The third kappa shape index (κ3) is 5.56. The van der Waals surface area contributed by atoms with Crippen molar-refractivity contribution in [2.24, 2.45) is 5.92 Å². The highest BCUT2D eigenvalue weighted by atomic mass is 16.7. The van der Waals surface area contributed by atoms with Gasteiger partial charge in [0, 0.05) is 24.7 Å². The van der Waals surface area contributed by atoms with Gasteiger partial charge in [-0.15, -0.1) is 0 Å². The molecule has 0 aliphatic carbocycles. The molecule has 0 fully saturated rings. The van der Waals surface area contributed by atoms with E-state index in [-0.39, 0.29) is 0 Å². The van der Waals surface area contributed by atoms with Gasteiger partial charge in [-0.1, -0.05) is 94.8 Å². The number of ether oxygens (including phenoxy) is 2. The van der Waals surface area contributed by atoms with Gasteiger partial charge in [0.25, 0.3) is 0 Å². The molecule has 1 atom stereocenters. The van der Waals surface area contributed by atoms with E-state index in [2.05, 4.69) is 70.2 Å². The second-order valence-electron chi connectivity index (χ2n) is 7.52. The average molecular weight is 371 g/mol. The zero-order valence-electron chi connectivity index (χ0n) is 17.8. The second kappa shape index (κ2) is 11.5. The van der Waals surface area contributed by atoms with E-state index < -0.39 is 5.79 Å². The molecule has 2 nitrogen and oxygen atoms in total. The van der Waals surface area contributed by atoms with Crippen LogP contribution in [0.25, 0.3) is 10.8 Å². The normalized spacial score (nSPS) is 13.2. The number of hydrogen-bond donors (Lipinski definition) is 0. The number of unbranched alkanes of at least 4 members (excludes halogenated alkanes) is 5. The van der Waals surface area contributed by atoms with Crippen molar-refractivity contribution in [3.05, 3.63) is 48.0 Å². The molecule has 0 aliphatic rings. The molecule has 2 rings (SSSR count). The topological polar surface area (TPSA) is 18.5 Å². The summed E-state index contributed by atoms with van der Waals surface area (Å²) in [4.78, 5) is 0. The van der Waals surface area contributed by atoms with Gasteiger partial charge in [-0.05, 0) is 31.0 Å². The molecule has 2 aromatic carbocycles. The molecular weight excluding hydrogens is 332 g/mol. The van der Waals surface area contributed by atoms with Crippen LogP contribution in [0.3, 0.4) is 0 Å². The monoisotopic (exact) mass is 370 g/mol. The van der Waals surface area contributed by atoms with Crippen molar-refractivity contribution in [3.63, 3.8) is 0 Å². The molecule has 2 aromatic rings. The highest BCUT2D eigenvalue weighted by molar-refractivity contribution is 5.86. The van der Waals surface area contributed by atoms with Crippen LogP contribution < -0.4 is 0 Å². The highest BCUT2D eigenvalue weighted by Crippen LogP contribution is 2.41. The van der Waals surface area contributed by atoms with E-state index in [0.29, 0.717) is 19.1 Å². The van der Waals surface area contributed by atoms with Crippen molar-refractivity contribution in [3.8, 4) is 0 Å². The van der Waals surface area contributed by atoms with Crippen molar-refractivity contribution in [1.29, 1.82) is 0 Å². The summed E-state index contributed by atoms with van der Waals surface area (Å²) in [6.45, 7) is 9.98. The van der Waals surface area contributed by atoms with E-state index >= 15 is 0 Å². The first-order valence-electron chi connectivity index (χ1n) is 11.0. The lowest BCUT2D eigenvalue weighted by atomic mass is 9.85. The summed E-state index contributed by atoms with van der Waals surface area (Å²) >= 11 is 0. The Morgan fingerprint density at radius 1 is 0.778 bits per heavy atom. The van der Waals surface area contributed by atoms with Crippen molar-refractivity contribution < 1.29 is 9.47 Å². The van der Waals surface area contributed by atoms with Crippen LogP contribution in [-0.2, 0) is 15.3 Å². The van der Waals surface area contributed by atoms with Crippen LogP contribution in [0.1, 0.15) is 78.2 Å². The zero-order chi connectivity index (χ0) is 19.5. The largest absolute Gasteiger partial charge is 0.346 e. The maximum Gasteiger partial charge on any atom is 0.197 e. The minimum absolute atomic E-state index is 0.300. The summed E-state index contributed by atoms with van der Waals surface area (Å²) in [5, 5.41) is 2.47. The van der Waals surface area contributed by atoms with Crippen LogP contribution in [0.4, 0.5) is 0 Å².